The van der Waals surface area contributed by atoms with Gasteiger partial charge in [-0.05, 0) is 29.7 Å². The molecular formula is C19H21NO4. The third-order valence-electron chi connectivity index (χ3n) is 4.26. The van der Waals surface area contributed by atoms with E-state index in [1.807, 2.05) is 54.6 Å². The van der Waals surface area contributed by atoms with Crippen LogP contribution in [0.5, 0.6) is 5.75 Å². The third kappa shape index (κ3) is 3.51. The lowest BCUT2D eigenvalue weighted by atomic mass is 10.0. The first kappa shape index (κ1) is 16.3. The number of hydrogen-bond donors (Lipinski definition) is 1. The van der Waals surface area contributed by atoms with E-state index in [4.69, 9.17) is 9.47 Å². The second-order valence-corrected chi connectivity index (χ2v) is 5.81. The molecule has 5 heteroatoms. The molecule has 1 heterocycles. The summed E-state index contributed by atoms with van der Waals surface area (Å²) in [6.07, 6.45) is -0.462. The highest BCUT2D eigenvalue weighted by molar-refractivity contribution is 5.69. The predicted molar refractivity (Wildman–Crippen MR) is 89.7 cm³/mol. The minimum atomic E-state index is -0.595. The molecule has 3 rings (SSSR count). The summed E-state index contributed by atoms with van der Waals surface area (Å²) in [4.78, 5) is 14.0. The number of benzene rings is 2. The van der Waals surface area contributed by atoms with Crippen LogP contribution in [0.3, 0.4) is 0 Å². The van der Waals surface area contributed by atoms with Crippen molar-refractivity contribution in [1.29, 1.82) is 0 Å². The normalized spacial score (nSPS) is 20.0. The lowest BCUT2D eigenvalue weighted by Gasteiger charge is -2.26. The zero-order valence-corrected chi connectivity index (χ0v) is 13.6. The van der Waals surface area contributed by atoms with Crippen molar-refractivity contribution >= 4 is 6.09 Å². The molecule has 1 amide bonds. The summed E-state index contributed by atoms with van der Waals surface area (Å²) in [5.74, 6) is 0.740. The number of carbonyl (C=O) groups is 1. The molecule has 0 unspecified atom stereocenters. The van der Waals surface area contributed by atoms with E-state index in [9.17, 15) is 9.90 Å². The maximum Gasteiger partial charge on any atom is 0.410 e. The molecular weight excluding hydrogens is 306 g/mol. The first-order valence-corrected chi connectivity index (χ1v) is 7.98. The van der Waals surface area contributed by atoms with Gasteiger partial charge in [0.25, 0.3) is 0 Å². The van der Waals surface area contributed by atoms with Gasteiger partial charge in [0.1, 0.15) is 12.4 Å². The van der Waals surface area contributed by atoms with Crippen molar-refractivity contribution in [2.45, 2.75) is 25.2 Å². The van der Waals surface area contributed by atoms with Gasteiger partial charge in [0, 0.05) is 6.54 Å². The fraction of sp³-hybridized carbons (Fsp3) is 0.316. The highest BCUT2D eigenvalue weighted by atomic mass is 16.6. The van der Waals surface area contributed by atoms with Crippen molar-refractivity contribution in [3.8, 4) is 5.75 Å². The number of carbonyl (C=O) groups excluding carboxylic acids is 1. The Hall–Kier alpha value is -2.53. The molecule has 1 saturated heterocycles. The van der Waals surface area contributed by atoms with Gasteiger partial charge >= 0.3 is 6.09 Å². The third-order valence-corrected chi connectivity index (χ3v) is 4.26. The van der Waals surface area contributed by atoms with Gasteiger partial charge in [-0.2, -0.15) is 0 Å². The lowest BCUT2D eigenvalue weighted by molar-refractivity contribution is 0.0715. The van der Waals surface area contributed by atoms with Gasteiger partial charge in [0.2, 0.25) is 0 Å². The number of amides is 1. The van der Waals surface area contributed by atoms with E-state index in [1.165, 1.54) is 0 Å². The molecule has 1 N–H and O–H groups in total. The van der Waals surface area contributed by atoms with E-state index >= 15 is 0 Å². The molecule has 126 valence electrons. The summed E-state index contributed by atoms with van der Waals surface area (Å²) in [7, 11) is 1.60. The lowest BCUT2D eigenvalue weighted by Crippen LogP contribution is -2.33. The zero-order chi connectivity index (χ0) is 16.9. The van der Waals surface area contributed by atoms with E-state index in [0.29, 0.717) is 13.0 Å². The molecule has 0 bridgehead atoms. The number of hydrogen-bond acceptors (Lipinski definition) is 4. The average Bonchev–Trinajstić information content (AvgIpc) is 3.02. The Labute approximate surface area is 141 Å². The van der Waals surface area contributed by atoms with Gasteiger partial charge in [-0.1, -0.05) is 42.5 Å². The second-order valence-electron chi connectivity index (χ2n) is 5.81. The van der Waals surface area contributed by atoms with Gasteiger partial charge in [-0.15, -0.1) is 0 Å². The Morgan fingerprint density at radius 2 is 1.88 bits per heavy atom. The number of methoxy groups -OCH3 is 1. The van der Waals surface area contributed by atoms with Crippen LogP contribution in [0.15, 0.2) is 54.6 Å². The maximum atomic E-state index is 12.4. The fourth-order valence-electron chi connectivity index (χ4n) is 2.99. The van der Waals surface area contributed by atoms with Crippen LogP contribution in [0.25, 0.3) is 0 Å². The summed E-state index contributed by atoms with van der Waals surface area (Å²) >= 11 is 0. The van der Waals surface area contributed by atoms with Crippen molar-refractivity contribution in [1.82, 2.24) is 4.90 Å². The number of aliphatic hydroxyl groups excluding tert-OH is 1. The molecule has 1 aliphatic heterocycles. The van der Waals surface area contributed by atoms with Crippen molar-refractivity contribution < 1.29 is 19.4 Å². The number of nitrogens with zero attached hydrogens (tertiary/aromatic N) is 1. The summed E-state index contributed by atoms with van der Waals surface area (Å²) < 4.78 is 10.6. The Balaban J connectivity index is 1.69. The monoisotopic (exact) mass is 327 g/mol. The molecule has 0 aromatic heterocycles. The zero-order valence-electron chi connectivity index (χ0n) is 13.6. The molecule has 24 heavy (non-hydrogen) atoms. The largest absolute Gasteiger partial charge is 0.497 e. The highest BCUT2D eigenvalue weighted by Crippen LogP contribution is 2.33. The maximum absolute atomic E-state index is 12.4. The average molecular weight is 327 g/mol. The van der Waals surface area contributed by atoms with E-state index < -0.39 is 12.2 Å². The molecule has 1 aliphatic rings. The summed E-state index contributed by atoms with van der Waals surface area (Å²) in [5.41, 5.74) is 1.81. The standard InChI is InChI=1S/C19H21NO4/c1-23-16-9-7-15(8-10-16)18-17(21)11-12-20(18)19(22)24-13-14-5-3-2-4-6-14/h2-10,17-18,21H,11-13H2,1H3/t17-,18-/m1/s1. The van der Waals surface area contributed by atoms with Crippen molar-refractivity contribution in [3.63, 3.8) is 0 Å². The molecule has 0 spiro atoms. The van der Waals surface area contributed by atoms with E-state index in [0.717, 1.165) is 16.9 Å². The molecule has 0 aliphatic carbocycles. The van der Waals surface area contributed by atoms with Gasteiger partial charge in [0.15, 0.2) is 0 Å². The van der Waals surface area contributed by atoms with Crippen LogP contribution in [-0.2, 0) is 11.3 Å². The number of rotatable bonds is 4. The van der Waals surface area contributed by atoms with Gasteiger partial charge in [-0.3, -0.25) is 4.90 Å². The van der Waals surface area contributed by atoms with E-state index in [-0.39, 0.29) is 12.6 Å². The molecule has 1 fully saturated rings. The number of likely N-dealkylation sites (tertiary alicyclic amines) is 1. The van der Waals surface area contributed by atoms with Crippen LogP contribution < -0.4 is 4.74 Å². The molecule has 0 radical (unpaired) electrons. The second kappa shape index (κ2) is 7.36. The van der Waals surface area contributed by atoms with Crippen LogP contribution in [-0.4, -0.2) is 35.9 Å². The quantitative estimate of drug-likeness (QED) is 0.937. The Morgan fingerprint density at radius 1 is 1.17 bits per heavy atom. The molecule has 2 aromatic rings. The van der Waals surface area contributed by atoms with E-state index in [2.05, 4.69) is 0 Å². The van der Waals surface area contributed by atoms with Gasteiger partial charge in [-0.25, -0.2) is 4.79 Å². The van der Waals surface area contributed by atoms with Crippen molar-refractivity contribution in [2.24, 2.45) is 0 Å². The Bertz CT molecular complexity index is 672. The molecule has 2 aromatic carbocycles. The minimum absolute atomic E-state index is 0.224. The number of ether oxygens (including phenoxy) is 2. The van der Waals surface area contributed by atoms with Crippen LogP contribution in [0.4, 0.5) is 4.79 Å². The SMILES string of the molecule is COc1ccc([C@@H]2[C@H](O)CCN2C(=O)OCc2ccccc2)cc1. The van der Waals surface area contributed by atoms with Crippen LogP contribution in [0.2, 0.25) is 0 Å². The van der Waals surface area contributed by atoms with Crippen molar-refractivity contribution in [3.05, 3.63) is 65.7 Å². The summed E-state index contributed by atoms with van der Waals surface area (Å²) in [6, 6.07) is 16.6. The van der Waals surface area contributed by atoms with E-state index in [1.54, 1.807) is 12.0 Å². The van der Waals surface area contributed by atoms with Crippen LogP contribution in [0, 0.1) is 0 Å². The molecule has 2 atom stereocenters. The fourth-order valence-corrected chi connectivity index (χ4v) is 2.99. The molecule has 5 nitrogen and oxygen atoms in total. The Morgan fingerprint density at radius 3 is 2.54 bits per heavy atom. The first-order valence-electron chi connectivity index (χ1n) is 7.98. The molecule has 0 saturated carbocycles. The minimum Gasteiger partial charge on any atom is -0.497 e. The van der Waals surface area contributed by atoms with Crippen molar-refractivity contribution in [2.75, 3.05) is 13.7 Å². The summed E-state index contributed by atoms with van der Waals surface area (Å²) in [5, 5.41) is 10.3. The predicted octanol–water partition coefficient (Wildman–Crippen LogP) is 3.14. The van der Waals surface area contributed by atoms with Crippen LogP contribution in [0.1, 0.15) is 23.6 Å². The van der Waals surface area contributed by atoms with Gasteiger partial charge in [0.05, 0.1) is 19.3 Å². The first-order chi connectivity index (χ1) is 11.7. The summed E-state index contributed by atoms with van der Waals surface area (Å²) in [6.45, 7) is 0.701. The number of aliphatic hydroxyl groups is 1. The van der Waals surface area contributed by atoms with Gasteiger partial charge < -0.3 is 14.6 Å². The van der Waals surface area contributed by atoms with Crippen LogP contribution >= 0.6 is 0 Å². The topological polar surface area (TPSA) is 59.0 Å². The highest BCUT2D eigenvalue weighted by Gasteiger charge is 2.38. The Kier molecular flexibility index (Phi) is 5.01. The smallest absolute Gasteiger partial charge is 0.410 e.